The second-order valence-corrected chi connectivity index (χ2v) is 3.98. The Morgan fingerprint density at radius 1 is 1.33 bits per heavy atom. The Kier molecular flexibility index (Phi) is 2.98. The molecule has 0 atom stereocenters. The first-order valence-electron chi connectivity index (χ1n) is 4.69. The topological polar surface area (TPSA) is 17.8 Å². The zero-order chi connectivity index (χ0) is 10.8. The SMILES string of the molecule is CCn1c(Cl)cnc1-c1cccc(Cl)c1. The van der Waals surface area contributed by atoms with Crippen molar-refractivity contribution < 1.29 is 0 Å². The first kappa shape index (κ1) is 10.5. The van der Waals surface area contributed by atoms with Gasteiger partial charge in [0.05, 0.1) is 6.20 Å². The molecule has 0 aliphatic heterocycles. The molecule has 0 amide bonds. The van der Waals surface area contributed by atoms with E-state index >= 15 is 0 Å². The van der Waals surface area contributed by atoms with Gasteiger partial charge in [-0.05, 0) is 19.1 Å². The fourth-order valence-corrected chi connectivity index (χ4v) is 1.95. The van der Waals surface area contributed by atoms with Crippen LogP contribution in [0.5, 0.6) is 0 Å². The summed E-state index contributed by atoms with van der Waals surface area (Å²) in [5.41, 5.74) is 0.983. The van der Waals surface area contributed by atoms with Crippen LogP contribution < -0.4 is 0 Å². The van der Waals surface area contributed by atoms with Crippen LogP contribution in [-0.4, -0.2) is 9.55 Å². The average Bonchev–Trinajstić information content (AvgIpc) is 2.59. The number of nitrogens with zero attached hydrogens (tertiary/aromatic N) is 2. The van der Waals surface area contributed by atoms with Gasteiger partial charge < -0.3 is 4.57 Å². The molecule has 0 saturated heterocycles. The van der Waals surface area contributed by atoms with E-state index in [0.717, 1.165) is 17.9 Å². The van der Waals surface area contributed by atoms with Gasteiger partial charge in [-0.15, -0.1) is 0 Å². The molecule has 0 fully saturated rings. The van der Waals surface area contributed by atoms with Crippen molar-refractivity contribution in [1.29, 1.82) is 0 Å². The van der Waals surface area contributed by atoms with Gasteiger partial charge in [0.25, 0.3) is 0 Å². The summed E-state index contributed by atoms with van der Waals surface area (Å²) in [6, 6.07) is 7.59. The molecule has 1 aromatic carbocycles. The first-order chi connectivity index (χ1) is 7.22. The molecule has 0 saturated carbocycles. The number of imidazole rings is 1. The third-order valence-corrected chi connectivity index (χ3v) is 2.74. The van der Waals surface area contributed by atoms with Gasteiger partial charge in [-0.1, -0.05) is 35.3 Å². The van der Waals surface area contributed by atoms with Crippen LogP contribution in [0, 0.1) is 0 Å². The average molecular weight is 241 g/mol. The van der Waals surface area contributed by atoms with Gasteiger partial charge in [-0.2, -0.15) is 0 Å². The van der Waals surface area contributed by atoms with Crippen molar-refractivity contribution in [2.45, 2.75) is 13.5 Å². The monoisotopic (exact) mass is 240 g/mol. The maximum Gasteiger partial charge on any atom is 0.141 e. The maximum absolute atomic E-state index is 6.00. The molecule has 0 unspecified atom stereocenters. The second-order valence-electron chi connectivity index (χ2n) is 3.16. The number of rotatable bonds is 2. The summed E-state index contributed by atoms with van der Waals surface area (Å²) in [5.74, 6) is 0.852. The third-order valence-electron chi connectivity index (χ3n) is 2.21. The van der Waals surface area contributed by atoms with Crippen LogP contribution in [0.2, 0.25) is 10.2 Å². The van der Waals surface area contributed by atoms with Crippen LogP contribution in [-0.2, 0) is 6.54 Å². The van der Waals surface area contributed by atoms with Crippen LogP contribution in [0.25, 0.3) is 11.4 Å². The van der Waals surface area contributed by atoms with Gasteiger partial charge in [0.2, 0.25) is 0 Å². The van der Waals surface area contributed by atoms with E-state index in [4.69, 9.17) is 23.2 Å². The zero-order valence-corrected chi connectivity index (χ0v) is 9.76. The van der Waals surface area contributed by atoms with E-state index in [-0.39, 0.29) is 0 Å². The fraction of sp³-hybridized carbons (Fsp3) is 0.182. The summed E-state index contributed by atoms with van der Waals surface area (Å²) >= 11 is 11.9. The van der Waals surface area contributed by atoms with Gasteiger partial charge >= 0.3 is 0 Å². The fourth-order valence-electron chi connectivity index (χ4n) is 1.51. The van der Waals surface area contributed by atoms with Gasteiger partial charge in [-0.3, -0.25) is 0 Å². The highest BCUT2D eigenvalue weighted by Crippen LogP contribution is 2.24. The Labute approximate surface area is 98.5 Å². The Morgan fingerprint density at radius 2 is 2.13 bits per heavy atom. The summed E-state index contributed by atoms with van der Waals surface area (Å²) in [4.78, 5) is 4.27. The molecule has 2 rings (SSSR count). The predicted molar refractivity (Wildman–Crippen MR) is 63.4 cm³/mol. The number of hydrogen-bond donors (Lipinski definition) is 0. The lowest BCUT2D eigenvalue weighted by atomic mass is 10.2. The molecule has 0 spiro atoms. The van der Waals surface area contributed by atoms with E-state index in [1.807, 2.05) is 35.8 Å². The normalized spacial score (nSPS) is 10.6. The lowest BCUT2D eigenvalue weighted by molar-refractivity contribution is 0.771. The predicted octanol–water partition coefficient (Wildman–Crippen LogP) is 3.88. The number of aromatic nitrogens is 2. The quantitative estimate of drug-likeness (QED) is 0.780. The summed E-state index contributed by atoms with van der Waals surface area (Å²) < 4.78 is 1.94. The molecular formula is C11H10Cl2N2. The number of hydrogen-bond acceptors (Lipinski definition) is 1. The molecule has 1 aromatic heterocycles. The highest BCUT2D eigenvalue weighted by atomic mass is 35.5. The molecule has 15 heavy (non-hydrogen) atoms. The highest BCUT2D eigenvalue weighted by molar-refractivity contribution is 6.31. The van der Waals surface area contributed by atoms with E-state index in [1.54, 1.807) is 6.20 Å². The minimum atomic E-state index is 0.646. The van der Waals surface area contributed by atoms with E-state index < -0.39 is 0 Å². The Bertz CT molecular complexity index is 477. The number of halogens is 2. The molecule has 0 bridgehead atoms. The summed E-state index contributed by atoms with van der Waals surface area (Å²) in [5, 5.41) is 1.35. The van der Waals surface area contributed by atoms with Crippen molar-refractivity contribution in [3.8, 4) is 11.4 Å². The van der Waals surface area contributed by atoms with Crippen molar-refractivity contribution >= 4 is 23.2 Å². The van der Waals surface area contributed by atoms with E-state index in [1.165, 1.54) is 0 Å². The maximum atomic E-state index is 6.00. The van der Waals surface area contributed by atoms with Crippen LogP contribution in [0.1, 0.15) is 6.92 Å². The van der Waals surface area contributed by atoms with E-state index in [0.29, 0.717) is 10.2 Å². The van der Waals surface area contributed by atoms with Crippen molar-refractivity contribution in [3.05, 3.63) is 40.6 Å². The molecule has 2 nitrogen and oxygen atoms in total. The van der Waals surface area contributed by atoms with Crippen LogP contribution >= 0.6 is 23.2 Å². The zero-order valence-electron chi connectivity index (χ0n) is 8.24. The van der Waals surface area contributed by atoms with Gasteiger partial charge in [0.1, 0.15) is 11.0 Å². The molecule has 0 aliphatic rings. The molecule has 1 heterocycles. The van der Waals surface area contributed by atoms with Crippen molar-refractivity contribution in [2.75, 3.05) is 0 Å². The molecular weight excluding hydrogens is 231 g/mol. The van der Waals surface area contributed by atoms with Crippen molar-refractivity contribution in [2.24, 2.45) is 0 Å². The van der Waals surface area contributed by atoms with Crippen molar-refractivity contribution in [1.82, 2.24) is 9.55 Å². The van der Waals surface area contributed by atoms with Gasteiger partial charge in [0.15, 0.2) is 0 Å². The largest absolute Gasteiger partial charge is 0.315 e. The van der Waals surface area contributed by atoms with Crippen molar-refractivity contribution in [3.63, 3.8) is 0 Å². The highest BCUT2D eigenvalue weighted by Gasteiger charge is 2.08. The molecule has 2 aromatic rings. The Balaban J connectivity index is 2.54. The first-order valence-corrected chi connectivity index (χ1v) is 5.45. The Hall–Kier alpha value is -0.990. The summed E-state index contributed by atoms with van der Waals surface area (Å²) in [6.07, 6.45) is 1.65. The minimum Gasteiger partial charge on any atom is -0.315 e. The van der Waals surface area contributed by atoms with Gasteiger partial charge in [0, 0.05) is 17.1 Å². The number of benzene rings is 1. The molecule has 0 radical (unpaired) electrons. The lowest BCUT2D eigenvalue weighted by Crippen LogP contribution is -1.97. The van der Waals surface area contributed by atoms with Crippen LogP contribution in [0.15, 0.2) is 30.5 Å². The van der Waals surface area contributed by atoms with Crippen LogP contribution in [0.4, 0.5) is 0 Å². The van der Waals surface area contributed by atoms with Crippen LogP contribution in [0.3, 0.4) is 0 Å². The van der Waals surface area contributed by atoms with E-state index in [9.17, 15) is 0 Å². The summed E-state index contributed by atoms with van der Waals surface area (Å²) in [7, 11) is 0. The lowest BCUT2D eigenvalue weighted by Gasteiger charge is -2.05. The standard InChI is InChI=1S/C11H10Cl2N2/c1-2-15-10(13)7-14-11(15)8-4-3-5-9(12)6-8/h3-7H,2H2,1H3. The molecule has 4 heteroatoms. The Morgan fingerprint density at radius 3 is 2.80 bits per heavy atom. The molecule has 0 N–H and O–H groups in total. The third kappa shape index (κ3) is 2.01. The minimum absolute atomic E-state index is 0.646. The van der Waals surface area contributed by atoms with Gasteiger partial charge in [-0.25, -0.2) is 4.98 Å². The second kappa shape index (κ2) is 4.25. The molecule has 78 valence electrons. The summed E-state index contributed by atoms with van der Waals surface area (Å²) in [6.45, 7) is 2.82. The molecule has 0 aliphatic carbocycles. The van der Waals surface area contributed by atoms with E-state index in [2.05, 4.69) is 4.98 Å². The smallest absolute Gasteiger partial charge is 0.141 e.